The molecule has 0 spiro atoms. The van der Waals surface area contributed by atoms with E-state index >= 15 is 0 Å². The van der Waals surface area contributed by atoms with Gasteiger partial charge < -0.3 is 10.6 Å². The maximum absolute atomic E-state index is 13.6. The normalized spacial score (nSPS) is 12.2. The lowest BCUT2D eigenvalue weighted by molar-refractivity contribution is 0.608. The predicted molar refractivity (Wildman–Crippen MR) is 80.7 cm³/mol. The van der Waals surface area contributed by atoms with Crippen LogP contribution in [0.3, 0.4) is 0 Å². The summed E-state index contributed by atoms with van der Waals surface area (Å²) in [6.07, 6.45) is 0. The summed E-state index contributed by atoms with van der Waals surface area (Å²) in [5.41, 5.74) is 7.41. The molecule has 0 radical (unpaired) electrons. The van der Waals surface area contributed by atoms with Crippen LogP contribution < -0.4 is 10.6 Å². The van der Waals surface area contributed by atoms with Crippen molar-refractivity contribution in [3.63, 3.8) is 0 Å². The number of hydrogen-bond acceptors (Lipinski definition) is 2. The molecule has 0 saturated carbocycles. The van der Waals surface area contributed by atoms with Gasteiger partial charge in [-0.05, 0) is 57.9 Å². The fourth-order valence-electron chi connectivity index (χ4n) is 2.09. The van der Waals surface area contributed by atoms with Crippen molar-refractivity contribution in [3.05, 3.63) is 64.1 Å². The van der Waals surface area contributed by atoms with Crippen molar-refractivity contribution < 1.29 is 8.78 Å². The van der Waals surface area contributed by atoms with E-state index in [2.05, 4.69) is 15.9 Å². The first-order valence-corrected chi connectivity index (χ1v) is 6.95. The molecule has 0 aliphatic heterocycles. The zero-order chi connectivity index (χ0) is 14.7. The summed E-state index contributed by atoms with van der Waals surface area (Å²) in [6.45, 7) is 0.328. The maximum atomic E-state index is 13.6. The van der Waals surface area contributed by atoms with E-state index in [-0.39, 0.29) is 17.7 Å². The Balaban J connectivity index is 2.31. The fourth-order valence-corrected chi connectivity index (χ4v) is 2.34. The third kappa shape index (κ3) is 3.16. The van der Waals surface area contributed by atoms with Gasteiger partial charge in [0.1, 0.15) is 11.6 Å². The second-order valence-electron chi connectivity index (χ2n) is 4.51. The van der Waals surface area contributed by atoms with Crippen LogP contribution in [0.15, 0.2) is 46.9 Å². The van der Waals surface area contributed by atoms with Crippen LogP contribution in [-0.4, -0.2) is 13.6 Å². The molecule has 0 amide bonds. The topological polar surface area (TPSA) is 29.3 Å². The van der Waals surface area contributed by atoms with E-state index in [4.69, 9.17) is 5.73 Å². The van der Waals surface area contributed by atoms with Gasteiger partial charge in [0.05, 0.1) is 10.5 Å². The maximum Gasteiger partial charge on any atom is 0.137 e. The predicted octanol–water partition coefficient (Wildman–Crippen LogP) is 3.86. The molecule has 2 N–H and O–H groups in total. The van der Waals surface area contributed by atoms with Crippen LogP contribution >= 0.6 is 15.9 Å². The third-order valence-electron chi connectivity index (χ3n) is 3.25. The number of benzene rings is 2. The molecule has 2 rings (SSSR count). The first kappa shape index (κ1) is 14.9. The van der Waals surface area contributed by atoms with E-state index < -0.39 is 0 Å². The van der Waals surface area contributed by atoms with Gasteiger partial charge in [0.25, 0.3) is 0 Å². The van der Waals surface area contributed by atoms with Crippen LogP contribution in [0, 0.1) is 11.6 Å². The van der Waals surface area contributed by atoms with E-state index in [0.717, 1.165) is 11.3 Å². The Labute approximate surface area is 125 Å². The Morgan fingerprint density at radius 1 is 1.15 bits per heavy atom. The minimum atomic E-state index is -0.326. The number of rotatable bonds is 4. The third-order valence-corrected chi connectivity index (χ3v) is 3.90. The smallest absolute Gasteiger partial charge is 0.137 e. The molecule has 0 aromatic heterocycles. The van der Waals surface area contributed by atoms with Gasteiger partial charge in [0.15, 0.2) is 0 Å². The van der Waals surface area contributed by atoms with Gasteiger partial charge in [-0.2, -0.15) is 0 Å². The minimum Gasteiger partial charge on any atom is -0.366 e. The molecule has 20 heavy (non-hydrogen) atoms. The van der Waals surface area contributed by atoms with Crippen molar-refractivity contribution in [2.24, 2.45) is 5.73 Å². The SMILES string of the molecule is CN(c1ccc(F)cc1)C(CN)c1ccc(Br)c(F)c1. The first-order valence-electron chi connectivity index (χ1n) is 6.16. The number of likely N-dealkylation sites (N-methyl/N-ethyl adjacent to an activating group) is 1. The monoisotopic (exact) mass is 340 g/mol. The Morgan fingerprint density at radius 3 is 2.35 bits per heavy atom. The largest absolute Gasteiger partial charge is 0.366 e. The summed E-state index contributed by atoms with van der Waals surface area (Å²) in [5, 5.41) is 0. The highest BCUT2D eigenvalue weighted by atomic mass is 79.9. The van der Waals surface area contributed by atoms with E-state index in [1.165, 1.54) is 18.2 Å². The van der Waals surface area contributed by atoms with Crippen LogP contribution in [-0.2, 0) is 0 Å². The van der Waals surface area contributed by atoms with E-state index in [1.54, 1.807) is 18.2 Å². The molecule has 0 bridgehead atoms. The lowest BCUT2D eigenvalue weighted by Gasteiger charge is -2.29. The van der Waals surface area contributed by atoms with Gasteiger partial charge in [-0.25, -0.2) is 8.78 Å². The minimum absolute atomic E-state index is 0.178. The zero-order valence-electron chi connectivity index (χ0n) is 11.0. The van der Waals surface area contributed by atoms with E-state index in [0.29, 0.717) is 11.0 Å². The standard InChI is InChI=1S/C15H15BrF2N2/c1-20(12-5-3-11(17)4-6-12)15(9-19)10-2-7-13(16)14(18)8-10/h2-8,15H,9,19H2,1H3. The van der Waals surface area contributed by atoms with Crippen LogP contribution in [0.25, 0.3) is 0 Å². The second-order valence-corrected chi connectivity index (χ2v) is 5.37. The molecule has 2 aromatic rings. The molecule has 0 saturated heterocycles. The number of nitrogens with zero attached hydrogens (tertiary/aromatic N) is 1. The summed E-state index contributed by atoms with van der Waals surface area (Å²) in [5.74, 6) is -0.616. The van der Waals surface area contributed by atoms with Crippen molar-refractivity contribution in [2.45, 2.75) is 6.04 Å². The molecular formula is C15H15BrF2N2. The molecule has 0 aliphatic carbocycles. The van der Waals surface area contributed by atoms with Crippen molar-refractivity contribution in [1.29, 1.82) is 0 Å². The van der Waals surface area contributed by atoms with Crippen molar-refractivity contribution >= 4 is 21.6 Å². The molecular weight excluding hydrogens is 326 g/mol. The fraction of sp³-hybridized carbons (Fsp3) is 0.200. The quantitative estimate of drug-likeness (QED) is 0.915. The number of halogens is 3. The van der Waals surface area contributed by atoms with Crippen molar-refractivity contribution in [3.8, 4) is 0 Å². The van der Waals surface area contributed by atoms with E-state index in [9.17, 15) is 8.78 Å². The first-order chi connectivity index (χ1) is 9.52. The summed E-state index contributed by atoms with van der Waals surface area (Å²) >= 11 is 3.13. The summed E-state index contributed by atoms with van der Waals surface area (Å²) in [7, 11) is 1.85. The van der Waals surface area contributed by atoms with Crippen LogP contribution in [0.5, 0.6) is 0 Å². The van der Waals surface area contributed by atoms with Gasteiger partial charge >= 0.3 is 0 Å². The lowest BCUT2D eigenvalue weighted by atomic mass is 10.0. The summed E-state index contributed by atoms with van der Waals surface area (Å²) < 4.78 is 27.0. The lowest BCUT2D eigenvalue weighted by Crippen LogP contribution is -2.30. The Morgan fingerprint density at radius 2 is 1.80 bits per heavy atom. The molecule has 0 aliphatic rings. The highest BCUT2D eigenvalue weighted by Gasteiger charge is 2.17. The van der Waals surface area contributed by atoms with Gasteiger partial charge in [0.2, 0.25) is 0 Å². The van der Waals surface area contributed by atoms with Crippen molar-refractivity contribution in [1.82, 2.24) is 0 Å². The molecule has 1 atom stereocenters. The number of hydrogen-bond donors (Lipinski definition) is 1. The summed E-state index contributed by atoms with van der Waals surface area (Å²) in [6, 6.07) is 10.9. The molecule has 2 aromatic carbocycles. The highest BCUT2D eigenvalue weighted by molar-refractivity contribution is 9.10. The van der Waals surface area contributed by atoms with Crippen LogP contribution in [0.2, 0.25) is 0 Å². The Hall–Kier alpha value is -1.46. The molecule has 1 unspecified atom stereocenters. The Kier molecular flexibility index (Phi) is 4.73. The van der Waals surface area contributed by atoms with Crippen LogP contribution in [0.4, 0.5) is 14.5 Å². The molecule has 106 valence electrons. The number of nitrogens with two attached hydrogens (primary N) is 1. The van der Waals surface area contributed by atoms with Crippen LogP contribution in [0.1, 0.15) is 11.6 Å². The Bertz CT molecular complexity index is 587. The average Bonchev–Trinajstić information content (AvgIpc) is 2.44. The van der Waals surface area contributed by atoms with E-state index in [1.807, 2.05) is 18.0 Å². The molecule has 0 fully saturated rings. The molecule has 2 nitrogen and oxygen atoms in total. The second kappa shape index (κ2) is 6.33. The summed E-state index contributed by atoms with van der Waals surface area (Å²) in [4.78, 5) is 1.90. The highest BCUT2D eigenvalue weighted by Crippen LogP contribution is 2.27. The van der Waals surface area contributed by atoms with Gasteiger partial charge in [-0.3, -0.25) is 0 Å². The molecule has 0 heterocycles. The van der Waals surface area contributed by atoms with Gasteiger partial charge in [0, 0.05) is 19.3 Å². The van der Waals surface area contributed by atoms with Gasteiger partial charge in [-0.15, -0.1) is 0 Å². The number of anilines is 1. The average molecular weight is 341 g/mol. The zero-order valence-corrected chi connectivity index (χ0v) is 12.6. The molecule has 5 heteroatoms. The van der Waals surface area contributed by atoms with Gasteiger partial charge in [-0.1, -0.05) is 6.07 Å². The van der Waals surface area contributed by atoms with Crippen molar-refractivity contribution in [2.75, 3.05) is 18.5 Å².